The molecular weight excluding hydrogens is 324 g/mol. The number of aromatic nitrogens is 3. The first-order valence-corrected chi connectivity index (χ1v) is 9.17. The Labute approximate surface area is 145 Å². The van der Waals surface area contributed by atoms with Gasteiger partial charge in [0.1, 0.15) is 18.0 Å². The van der Waals surface area contributed by atoms with Gasteiger partial charge in [0.15, 0.2) is 11.8 Å². The predicted octanol–water partition coefficient (Wildman–Crippen LogP) is 1.25. The summed E-state index contributed by atoms with van der Waals surface area (Å²) >= 11 is 1.55. The Morgan fingerprint density at radius 2 is 2.33 bits per heavy atom. The van der Waals surface area contributed by atoms with Gasteiger partial charge in [-0.3, -0.25) is 0 Å². The standard InChI is InChI=1S/C16H24N6OS/c1-3-17-15(19-11-16(2,23)12-6-5-9-24-12)18-10-14-21-20-13-7-4-8-22(13)14/h5-6,9,23H,3-4,7-8,10-11H2,1-2H3,(H2,17,18,19). The molecule has 0 aromatic carbocycles. The van der Waals surface area contributed by atoms with Crippen LogP contribution < -0.4 is 10.6 Å². The number of aliphatic hydroxyl groups is 1. The van der Waals surface area contributed by atoms with Crippen molar-refractivity contribution in [2.45, 2.75) is 45.4 Å². The average molecular weight is 348 g/mol. The van der Waals surface area contributed by atoms with Crippen LogP contribution in [0.4, 0.5) is 0 Å². The zero-order chi connectivity index (χ0) is 17.0. The SMILES string of the molecule is CCNC(=NCc1nnc2n1CCC2)NCC(C)(O)c1cccs1. The van der Waals surface area contributed by atoms with Crippen LogP contribution in [0.2, 0.25) is 0 Å². The van der Waals surface area contributed by atoms with E-state index in [9.17, 15) is 5.11 Å². The second kappa shape index (κ2) is 7.31. The van der Waals surface area contributed by atoms with E-state index in [1.165, 1.54) is 0 Å². The van der Waals surface area contributed by atoms with Gasteiger partial charge in [0.2, 0.25) is 0 Å². The van der Waals surface area contributed by atoms with Crippen molar-refractivity contribution in [1.82, 2.24) is 25.4 Å². The second-order valence-electron chi connectivity index (χ2n) is 6.09. The molecule has 8 heteroatoms. The molecule has 0 aliphatic carbocycles. The molecular formula is C16H24N6OS. The van der Waals surface area contributed by atoms with E-state index >= 15 is 0 Å². The van der Waals surface area contributed by atoms with Crippen molar-refractivity contribution >= 4 is 17.3 Å². The highest BCUT2D eigenvalue weighted by Gasteiger charge is 2.24. The van der Waals surface area contributed by atoms with Crippen molar-refractivity contribution in [3.63, 3.8) is 0 Å². The van der Waals surface area contributed by atoms with Gasteiger partial charge < -0.3 is 20.3 Å². The summed E-state index contributed by atoms with van der Waals surface area (Å²) in [7, 11) is 0. The molecule has 1 aliphatic heterocycles. The molecule has 0 saturated carbocycles. The highest BCUT2D eigenvalue weighted by molar-refractivity contribution is 7.10. The molecule has 3 rings (SSSR count). The highest BCUT2D eigenvalue weighted by Crippen LogP contribution is 2.24. The highest BCUT2D eigenvalue weighted by atomic mass is 32.1. The molecule has 0 amide bonds. The number of thiophene rings is 1. The van der Waals surface area contributed by atoms with Crippen molar-refractivity contribution in [1.29, 1.82) is 0 Å². The van der Waals surface area contributed by atoms with Gasteiger partial charge in [-0.05, 0) is 31.7 Å². The van der Waals surface area contributed by atoms with Crippen LogP contribution in [-0.4, -0.2) is 38.9 Å². The molecule has 130 valence electrons. The Balaban J connectivity index is 1.63. The van der Waals surface area contributed by atoms with Gasteiger partial charge in [-0.25, -0.2) is 4.99 Å². The molecule has 3 heterocycles. The molecule has 7 nitrogen and oxygen atoms in total. The fourth-order valence-corrected chi connectivity index (χ4v) is 3.53. The maximum absolute atomic E-state index is 10.6. The number of hydrogen-bond donors (Lipinski definition) is 3. The van der Waals surface area contributed by atoms with Gasteiger partial charge in [-0.2, -0.15) is 0 Å². The van der Waals surface area contributed by atoms with Crippen LogP contribution in [0.25, 0.3) is 0 Å². The summed E-state index contributed by atoms with van der Waals surface area (Å²) in [6.45, 7) is 6.42. The van der Waals surface area contributed by atoms with Crippen molar-refractivity contribution in [2.24, 2.45) is 4.99 Å². The van der Waals surface area contributed by atoms with Crippen molar-refractivity contribution in [3.05, 3.63) is 34.0 Å². The minimum atomic E-state index is -0.930. The van der Waals surface area contributed by atoms with E-state index in [-0.39, 0.29) is 0 Å². The molecule has 1 atom stereocenters. The van der Waals surface area contributed by atoms with Gasteiger partial charge in [-0.15, -0.1) is 21.5 Å². The maximum atomic E-state index is 10.6. The van der Waals surface area contributed by atoms with E-state index in [0.29, 0.717) is 19.0 Å². The van der Waals surface area contributed by atoms with Crippen molar-refractivity contribution < 1.29 is 5.11 Å². The molecule has 1 unspecified atom stereocenters. The Bertz CT molecular complexity index is 691. The summed E-state index contributed by atoms with van der Waals surface area (Å²) in [5.74, 6) is 2.62. The van der Waals surface area contributed by atoms with Crippen LogP contribution >= 0.6 is 11.3 Å². The zero-order valence-corrected chi connectivity index (χ0v) is 14.9. The Morgan fingerprint density at radius 3 is 3.08 bits per heavy atom. The first-order chi connectivity index (χ1) is 11.6. The molecule has 1 aliphatic rings. The summed E-state index contributed by atoms with van der Waals surface area (Å²) in [6, 6.07) is 3.88. The van der Waals surface area contributed by atoms with Gasteiger partial charge >= 0.3 is 0 Å². The van der Waals surface area contributed by atoms with Crippen LogP contribution in [0.15, 0.2) is 22.5 Å². The van der Waals surface area contributed by atoms with Crippen LogP contribution in [0.1, 0.15) is 36.8 Å². The summed E-state index contributed by atoms with van der Waals surface area (Å²) in [5.41, 5.74) is -0.930. The van der Waals surface area contributed by atoms with Gasteiger partial charge in [0.25, 0.3) is 0 Å². The molecule has 0 radical (unpaired) electrons. The largest absolute Gasteiger partial charge is 0.383 e. The van der Waals surface area contributed by atoms with E-state index in [0.717, 1.165) is 42.5 Å². The lowest BCUT2D eigenvalue weighted by Crippen LogP contribution is -2.44. The molecule has 3 N–H and O–H groups in total. The van der Waals surface area contributed by atoms with Crippen molar-refractivity contribution in [2.75, 3.05) is 13.1 Å². The van der Waals surface area contributed by atoms with Crippen molar-refractivity contribution in [3.8, 4) is 0 Å². The number of aryl methyl sites for hydroxylation is 1. The number of guanidine groups is 1. The molecule has 24 heavy (non-hydrogen) atoms. The summed E-state index contributed by atoms with van der Waals surface area (Å²) < 4.78 is 2.15. The summed E-state index contributed by atoms with van der Waals surface area (Å²) in [5, 5.41) is 27.4. The van der Waals surface area contributed by atoms with Crippen LogP contribution in [0.5, 0.6) is 0 Å². The Morgan fingerprint density at radius 1 is 1.46 bits per heavy atom. The van der Waals surface area contributed by atoms with E-state index in [1.54, 1.807) is 18.3 Å². The normalized spacial score (nSPS) is 16.7. The monoisotopic (exact) mass is 348 g/mol. The first kappa shape index (κ1) is 16.9. The lowest BCUT2D eigenvalue weighted by molar-refractivity contribution is 0.0655. The van der Waals surface area contributed by atoms with Gasteiger partial charge in [0.05, 0.1) is 6.54 Å². The van der Waals surface area contributed by atoms with Gasteiger partial charge in [0, 0.05) is 24.4 Å². The van der Waals surface area contributed by atoms with E-state index in [2.05, 4.69) is 30.4 Å². The third-order valence-electron chi connectivity index (χ3n) is 4.06. The smallest absolute Gasteiger partial charge is 0.191 e. The quantitative estimate of drug-likeness (QED) is 0.540. The minimum Gasteiger partial charge on any atom is -0.383 e. The number of nitrogens with one attached hydrogen (secondary N) is 2. The van der Waals surface area contributed by atoms with E-state index < -0.39 is 5.60 Å². The number of aliphatic imine (C=N–C) groups is 1. The number of rotatable bonds is 6. The Kier molecular flexibility index (Phi) is 5.15. The average Bonchev–Trinajstić information content (AvgIpc) is 3.28. The fourth-order valence-electron chi connectivity index (χ4n) is 2.75. The molecule has 2 aromatic heterocycles. The maximum Gasteiger partial charge on any atom is 0.191 e. The fraction of sp³-hybridized carbons (Fsp3) is 0.562. The minimum absolute atomic E-state index is 0.386. The third kappa shape index (κ3) is 3.76. The van der Waals surface area contributed by atoms with Crippen LogP contribution in [0, 0.1) is 0 Å². The van der Waals surface area contributed by atoms with E-state index in [4.69, 9.17) is 0 Å². The molecule has 0 bridgehead atoms. The molecule has 2 aromatic rings. The van der Waals surface area contributed by atoms with Crippen LogP contribution in [-0.2, 0) is 25.1 Å². The number of nitrogens with zero attached hydrogens (tertiary/aromatic N) is 4. The summed E-state index contributed by atoms with van der Waals surface area (Å²) in [6.07, 6.45) is 2.13. The molecule has 0 spiro atoms. The second-order valence-corrected chi connectivity index (χ2v) is 7.04. The number of fused-ring (bicyclic) bond motifs is 1. The number of hydrogen-bond acceptors (Lipinski definition) is 5. The van der Waals surface area contributed by atoms with Gasteiger partial charge in [-0.1, -0.05) is 6.07 Å². The molecule has 0 fully saturated rings. The Hall–Kier alpha value is -1.93. The lowest BCUT2D eigenvalue weighted by Gasteiger charge is -2.23. The zero-order valence-electron chi connectivity index (χ0n) is 14.1. The predicted molar refractivity (Wildman–Crippen MR) is 95.1 cm³/mol. The first-order valence-electron chi connectivity index (χ1n) is 8.29. The molecule has 0 saturated heterocycles. The van der Waals surface area contributed by atoms with Crippen LogP contribution in [0.3, 0.4) is 0 Å². The topological polar surface area (TPSA) is 87.4 Å². The summed E-state index contributed by atoms with van der Waals surface area (Å²) in [4.78, 5) is 5.51. The third-order valence-corrected chi connectivity index (χ3v) is 5.18. The lowest BCUT2D eigenvalue weighted by atomic mass is 10.1. The van der Waals surface area contributed by atoms with E-state index in [1.807, 2.05) is 24.4 Å².